The topological polar surface area (TPSA) is 58.1 Å². The first kappa shape index (κ1) is 30.1. The quantitative estimate of drug-likeness (QED) is 0.427. The van der Waals surface area contributed by atoms with Crippen LogP contribution in [0.2, 0.25) is 0 Å². The van der Waals surface area contributed by atoms with E-state index in [-0.39, 0.29) is 5.91 Å². The average molecular weight is 525 g/mol. The van der Waals surface area contributed by atoms with Gasteiger partial charge < -0.3 is 5.32 Å². The van der Waals surface area contributed by atoms with E-state index in [2.05, 4.69) is 41.0 Å². The highest BCUT2D eigenvalue weighted by Crippen LogP contribution is 2.37. The van der Waals surface area contributed by atoms with E-state index in [1.807, 2.05) is 31.4 Å². The van der Waals surface area contributed by atoms with Crippen LogP contribution in [0.25, 0.3) is 0 Å². The van der Waals surface area contributed by atoms with Crippen LogP contribution >= 0.6 is 11.8 Å². The Labute approximate surface area is 217 Å². The van der Waals surface area contributed by atoms with Crippen molar-refractivity contribution in [2.45, 2.75) is 90.0 Å². The second kappa shape index (κ2) is 15.2. The van der Waals surface area contributed by atoms with Gasteiger partial charge >= 0.3 is 6.18 Å². The molecule has 3 heterocycles. The number of amides is 1. The lowest BCUT2D eigenvalue weighted by Crippen LogP contribution is -2.24. The third kappa shape index (κ3) is 10.1. The number of pyridine rings is 2. The Morgan fingerprint density at radius 1 is 1.08 bits per heavy atom. The molecule has 1 saturated carbocycles. The summed E-state index contributed by atoms with van der Waals surface area (Å²) in [5.41, 5.74) is 3.67. The van der Waals surface area contributed by atoms with Crippen molar-refractivity contribution in [3.8, 4) is 0 Å². The van der Waals surface area contributed by atoms with E-state index in [0.29, 0.717) is 24.9 Å². The van der Waals surface area contributed by atoms with Gasteiger partial charge in [0.25, 0.3) is 5.91 Å². The summed E-state index contributed by atoms with van der Waals surface area (Å²) in [6.07, 6.45) is 4.01. The van der Waals surface area contributed by atoms with Crippen molar-refractivity contribution in [2.24, 2.45) is 5.92 Å². The number of rotatable bonds is 5. The minimum absolute atomic E-state index is 0.108. The molecule has 0 bridgehead atoms. The second-order valence-corrected chi connectivity index (χ2v) is 10.5. The number of hydrogen-bond donors (Lipinski definition) is 1. The standard InChI is InChI=1S/C17H20N4OS.C7H11F3.C3H8/c1-3-23-15-5-4-14(18-9-15)8-20-17(22)12-6-13-10-21(2)11-16(13)19-7-12;8-7(9,10)6-4-2-1-3-5-6;1-3-2/h4-7,9H,3,8,10-11H2,1-2H3,(H,20,22);6H,1-5H2;3H2,1-2H3. The first-order valence-corrected chi connectivity index (χ1v) is 13.7. The van der Waals surface area contributed by atoms with E-state index in [9.17, 15) is 18.0 Å². The van der Waals surface area contributed by atoms with Crippen LogP contribution in [-0.4, -0.2) is 39.8 Å². The van der Waals surface area contributed by atoms with Gasteiger partial charge in [-0.1, -0.05) is 46.5 Å². The van der Waals surface area contributed by atoms with E-state index >= 15 is 0 Å². The first-order chi connectivity index (χ1) is 17.2. The maximum Gasteiger partial charge on any atom is 0.391 e. The van der Waals surface area contributed by atoms with E-state index in [1.165, 1.54) is 6.42 Å². The molecule has 2 aliphatic rings. The molecule has 2 aromatic rings. The van der Waals surface area contributed by atoms with E-state index in [0.717, 1.165) is 60.0 Å². The van der Waals surface area contributed by atoms with Gasteiger partial charge in [0.1, 0.15) is 0 Å². The Bertz CT molecular complexity index is 932. The zero-order chi connectivity index (χ0) is 26.6. The SMILES string of the molecule is CCC.CCSc1ccc(CNC(=O)c2cnc3c(c2)CN(C)C3)nc1.FC(F)(F)C1CCCCC1. The molecule has 4 rings (SSSR count). The minimum atomic E-state index is -3.93. The summed E-state index contributed by atoms with van der Waals surface area (Å²) >= 11 is 1.75. The number of halogens is 3. The van der Waals surface area contributed by atoms with Crippen molar-refractivity contribution in [3.63, 3.8) is 0 Å². The fourth-order valence-electron chi connectivity index (χ4n) is 4.01. The Morgan fingerprint density at radius 3 is 2.33 bits per heavy atom. The molecule has 200 valence electrons. The number of carbonyl (C=O) groups excluding carboxylic acids is 1. The number of alkyl halides is 3. The smallest absolute Gasteiger partial charge is 0.346 e. The van der Waals surface area contributed by atoms with Gasteiger partial charge in [-0.2, -0.15) is 13.2 Å². The molecule has 0 atom stereocenters. The van der Waals surface area contributed by atoms with Crippen molar-refractivity contribution in [2.75, 3.05) is 12.8 Å². The van der Waals surface area contributed by atoms with Gasteiger partial charge in [-0.3, -0.25) is 19.7 Å². The predicted octanol–water partition coefficient (Wildman–Crippen LogP) is 7.01. The molecule has 1 N–H and O–H groups in total. The van der Waals surface area contributed by atoms with Gasteiger partial charge in [0.05, 0.1) is 29.4 Å². The molecule has 9 heteroatoms. The maximum absolute atomic E-state index is 12.3. The third-order valence-corrected chi connectivity index (χ3v) is 6.65. The van der Waals surface area contributed by atoms with Crippen molar-refractivity contribution in [1.29, 1.82) is 0 Å². The Kier molecular flexibility index (Phi) is 12.7. The summed E-state index contributed by atoms with van der Waals surface area (Å²) in [5, 5.41) is 2.91. The van der Waals surface area contributed by atoms with Crippen LogP contribution in [0, 0.1) is 5.92 Å². The zero-order valence-corrected chi connectivity index (χ0v) is 22.6. The summed E-state index contributed by atoms with van der Waals surface area (Å²) in [4.78, 5) is 24.4. The van der Waals surface area contributed by atoms with Crippen molar-refractivity contribution >= 4 is 17.7 Å². The normalized spacial score (nSPS) is 15.8. The number of aromatic nitrogens is 2. The van der Waals surface area contributed by atoms with E-state index in [4.69, 9.17) is 0 Å². The Balaban J connectivity index is 0.000000292. The van der Waals surface area contributed by atoms with Crippen LogP contribution in [0.5, 0.6) is 0 Å². The number of nitrogens with one attached hydrogen (secondary N) is 1. The molecule has 5 nitrogen and oxygen atoms in total. The molecular formula is C27H39F3N4OS. The monoisotopic (exact) mass is 524 g/mol. The van der Waals surface area contributed by atoms with Crippen molar-refractivity contribution in [3.05, 3.63) is 53.1 Å². The van der Waals surface area contributed by atoms with Gasteiger partial charge in [0.15, 0.2) is 0 Å². The molecule has 0 saturated heterocycles. The molecule has 1 fully saturated rings. The lowest BCUT2D eigenvalue weighted by atomic mass is 9.89. The van der Waals surface area contributed by atoms with Crippen LogP contribution < -0.4 is 5.32 Å². The van der Waals surface area contributed by atoms with Gasteiger partial charge in [0.2, 0.25) is 0 Å². The molecule has 0 unspecified atom stereocenters. The summed E-state index contributed by atoms with van der Waals surface area (Å²) in [5.74, 6) is -0.0805. The molecule has 0 radical (unpaired) electrons. The van der Waals surface area contributed by atoms with Crippen molar-refractivity contribution in [1.82, 2.24) is 20.2 Å². The summed E-state index contributed by atoms with van der Waals surface area (Å²) < 4.78 is 35.8. The maximum atomic E-state index is 12.3. The number of carbonyl (C=O) groups is 1. The number of hydrogen-bond acceptors (Lipinski definition) is 5. The van der Waals surface area contributed by atoms with E-state index in [1.54, 1.807) is 18.0 Å². The highest BCUT2D eigenvalue weighted by Gasteiger charge is 2.39. The average Bonchev–Trinajstić information content (AvgIpc) is 3.24. The Morgan fingerprint density at radius 2 is 1.78 bits per heavy atom. The molecular weight excluding hydrogens is 485 g/mol. The summed E-state index contributed by atoms with van der Waals surface area (Å²) in [6.45, 7) is 8.49. The fourth-order valence-corrected chi connectivity index (χ4v) is 4.64. The number of fused-ring (bicyclic) bond motifs is 1. The lowest BCUT2D eigenvalue weighted by Gasteiger charge is -2.23. The molecule has 1 amide bonds. The largest absolute Gasteiger partial charge is 0.391 e. The number of thioether (sulfide) groups is 1. The van der Waals surface area contributed by atoms with Crippen LogP contribution in [-0.2, 0) is 19.6 Å². The van der Waals surface area contributed by atoms with Crippen molar-refractivity contribution < 1.29 is 18.0 Å². The predicted molar refractivity (Wildman–Crippen MR) is 140 cm³/mol. The van der Waals surface area contributed by atoms with Gasteiger partial charge in [-0.15, -0.1) is 11.8 Å². The minimum Gasteiger partial charge on any atom is -0.346 e. The molecule has 1 aliphatic heterocycles. The Hall–Kier alpha value is -2.13. The highest BCUT2D eigenvalue weighted by molar-refractivity contribution is 7.99. The lowest BCUT2D eigenvalue weighted by molar-refractivity contribution is -0.181. The zero-order valence-electron chi connectivity index (χ0n) is 21.8. The molecule has 0 aromatic carbocycles. The van der Waals surface area contributed by atoms with Crippen LogP contribution in [0.1, 0.15) is 86.6 Å². The first-order valence-electron chi connectivity index (χ1n) is 12.8. The molecule has 0 spiro atoms. The number of nitrogens with zero attached hydrogens (tertiary/aromatic N) is 3. The molecule has 36 heavy (non-hydrogen) atoms. The highest BCUT2D eigenvalue weighted by atomic mass is 32.2. The third-order valence-electron chi connectivity index (χ3n) is 5.79. The van der Waals surface area contributed by atoms with Crippen LogP contribution in [0.3, 0.4) is 0 Å². The van der Waals surface area contributed by atoms with Gasteiger partial charge in [-0.25, -0.2) is 0 Å². The summed E-state index contributed by atoms with van der Waals surface area (Å²) in [7, 11) is 2.05. The molecule has 1 aliphatic carbocycles. The fraction of sp³-hybridized carbons (Fsp3) is 0.593. The molecule has 2 aromatic heterocycles. The van der Waals surface area contributed by atoms with Crippen LogP contribution in [0.15, 0.2) is 35.5 Å². The summed E-state index contributed by atoms with van der Waals surface area (Å²) in [6, 6.07) is 5.93. The van der Waals surface area contributed by atoms with E-state index < -0.39 is 12.1 Å². The van der Waals surface area contributed by atoms with Gasteiger partial charge in [-0.05, 0) is 49.4 Å². The van der Waals surface area contributed by atoms with Crippen LogP contribution in [0.4, 0.5) is 13.2 Å². The second-order valence-electron chi connectivity index (χ2n) is 9.19. The van der Waals surface area contributed by atoms with Gasteiger partial charge in [0, 0.05) is 30.4 Å².